The van der Waals surface area contributed by atoms with E-state index < -0.39 is 0 Å². The molecule has 250 valence electrons. The Hall–Kier alpha value is -4.38. The predicted octanol–water partition coefficient (Wildman–Crippen LogP) is 7.65. The third kappa shape index (κ3) is 6.16. The van der Waals surface area contributed by atoms with Gasteiger partial charge in [-0.2, -0.15) is 0 Å². The second kappa shape index (κ2) is 12.6. The van der Waals surface area contributed by atoms with Crippen LogP contribution in [0.4, 0.5) is 0 Å². The number of amides is 2. The van der Waals surface area contributed by atoms with Crippen molar-refractivity contribution in [1.82, 2.24) is 29.7 Å². The van der Waals surface area contributed by atoms with E-state index in [0.717, 1.165) is 77.4 Å². The van der Waals surface area contributed by atoms with Gasteiger partial charge < -0.3 is 19.8 Å². The average molecular weight is 645 g/mol. The third-order valence-electron chi connectivity index (χ3n) is 11.3. The van der Waals surface area contributed by atoms with Gasteiger partial charge in [0.1, 0.15) is 11.6 Å². The first-order chi connectivity index (χ1) is 23.0. The molecule has 2 saturated heterocycles. The molecule has 3 aliphatic rings. The Labute approximate surface area is 284 Å². The van der Waals surface area contributed by atoms with Crippen LogP contribution in [0.25, 0.3) is 22.3 Å². The smallest absolute Gasteiger partial charge is 0.226 e. The number of benzene rings is 2. The molecule has 4 atom stereocenters. The summed E-state index contributed by atoms with van der Waals surface area (Å²) in [5.41, 5.74) is 5.94. The number of nitrogens with zero attached hydrogens (tertiary/aromatic N) is 4. The Morgan fingerprint density at radius 1 is 0.833 bits per heavy atom. The van der Waals surface area contributed by atoms with Crippen LogP contribution in [0.15, 0.2) is 48.7 Å². The molecule has 2 aliphatic heterocycles. The van der Waals surface area contributed by atoms with Crippen molar-refractivity contribution < 1.29 is 9.59 Å². The van der Waals surface area contributed by atoms with Gasteiger partial charge in [0, 0.05) is 36.1 Å². The molecular weight excluding hydrogens is 596 g/mol. The summed E-state index contributed by atoms with van der Waals surface area (Å²) >= 11 is 0. The molecule has 1 saturated carbocycles. The lowest BCUT2D eigenvalue weighted by atomic mass is 9.96. The van der Waals surface area contributed by atoms with E-state index in [4.69, 9.17) is 9.97 Å². The van der Waals surface area contributed by atoms with Crippen LogP contribution in [0.1, 0.15) is 109 Å². The van der Waals surface area contributed by atoms with E-state index in [2.05, 4.69) is 79.5 Å². The Kier molecular flexibility index (Phi) is 8.43. The van der Waals surface area contributed by atoms with Gasteiger partial charge in [0.2, 0.25) is 11.8 Å². The summed E-state index contributed by atoms with van der Waals surface area (Å²) in [6.45, 7) is 14.2. The number of rotatable bonds is 7. The zero-order valence-electron chi connectivity index (χ0n) is 29.1. The van der Waals surface area contributed by atoms with Gasteiger partial charge in [-0.25, -0.2) is 9.97 Å². The number of aromatic nitrogens is 4. The zero-order valence-corrected chi connectivity index (χ0v) is 29.1. The van der Waals surface area contributed by atoms with E-state index in [9.17, 15) is 9.59 Å². The highest BCUT2D eigenvalue weighted by Gasteiger charge is 2.54. The minimum absolute atomic E-state index is 0.000628. The number of fused-ring (bicyclic) bond motifs is 1. The standard InChI is InChI=1S/C40H48N6O2/c1-24(2)26(5)38(47)45-19-7-8-34(45)36-41-22-33(44-36)30-14-11-28(12-15-30)9-10-29-13-16-31-32(20-29)43-37(42-31)35-21-40(17-18-40)23-46(35)39(48)27(6)25(3)4/h11-16,20,22,24-27,34-35H,7-8,17-19,21,23H2,1-6H3,(H,41,44)(H,42,43)/t26-,27-,34-,35-/m0/s1. The second-order valence-corrected chi connectivity index (χ2v) is 15.3. The van der Waals surface area contributed by atoms with E-state index in [1.807, 2.05) is 42.3 Å². The van der Waals surface area contributed by atoms with E-state index in [1.165, 1.54) is 12.8 Å². The van der Waals surface area contributed by atoms with E-state index in [-0.39, 0.29) is 41.1 Å². The van der Waals surface area contributed by atoms with Crippen LogP contribution < -0.4 is 0 Å². The molecule has 2 aromatic carbocycles. The van der Waals surface area contributed by atoms with Gasteiger partial charge in [-0.1, -0.05) is 65.5 Å². The maximum atomic E-state index is 13.5. The molecule has 8 heteroatoms. The summed E-state index contributed by atoms with van der Waals surface area (Å²) in [4.78, 5) is 47.4. The summed E-state index contributed by atoms with van der Waals surface area (Å²) in [5, 5.41) is 0. The lowest BCUT2D eigenvalue weighted by molar-refractivity contribution is -0.138. The molecule has 0 bridgehead atoms. The van der Waals surface area contributed by atoms with Crippen LogP contribution in [-0.4, -0.2) is 54.6 Å². The Morgan fingerprint density at radius 2 is 1.50 bits per heavy atom. The fourth-order valence-corrected chi connectivity index (χ4v) is 7.27. The monoisotopic (exact) mass is 644 g/mol. The fourth-order valence-electron chi connectivity index (χ4n) is 7.27. The highest BCUT2D eigenvalue weighted by Crippen LogP contribution is 2.58. The highest BCUT2D eigenvalue weighted by atomic mass is 16.2. The topological polar surface area (TPSA) is 98.0 Å². The molecule has 3 fully saturated rings. The van der Waals surface area contributed by atoms with Gasteiger partial charge >= 0.3 is 0 Å². The van der Waals surface area contributed by atoms with Gasteiger partial charge in [-0.05, 0) is 85.3 Å². The number of carbonyl (C=O) groups is 2. The van der Waals surface area contributed by atoms with Gasteiger partial charge in [-0.15, -0.1) is 0 Å². The maximum absolute atomic E-state index is 13.5. The molecule has 0 radical (unpaired) electrons. The molecule has 4 heterocycles. The summed E-state index contributed by atoms with van der Waals surface area (Å²) in [6, 6.07) is 14.3. The fraction of sp³-hybridized carbons (Fsp3) is 0.500. The van der Waals surface area contributed by atoms with Crippen molar-refractivity contribution >= 4 is 22.8 Å². The van der Waals surface area contributed by atoms with Crippen molar-refractivity contribution in [2.45, 2.75) is 85.7 Å². The van der Waals surface area contributed by atoms with E-state index in [1.54, 1.807) is 0 Å². The van der Waals surface area contributed by atoms with Crippen molar-refractivity contribution in [3.63, 3.8) is 0 Å². The van der Waals surface area contributed by atoms with Gasteiger partial charge in [0.25, 0.3) is 0 Å². The van der Waals surface area contributed by atoms with Crippen molar-refractivity contribution in [2.24, 2.45) is 29.1 Å². The van der Waals surface area contributed by atoms with Crippen LogP contribution in [0.5, 0.6) is 0 Å². The molecule has 0 unspecified atom stereocenters. The summed E-state index contributed by atoms with van der Waals surface area (Å²) in [5.74, 6) is 9.46. The molecule has 2 amide bonds. The number of aromatic amines is 2. The average Bonchev–Trinajstić information content (AvgIpc) is 3.57. The molecule has 2 N–H and O–H groups in total. The van der Waals surface area contributed by atoms with Gasteiger partial charge in [-0.3, -0.25) is 9.59 Å². The van der Waals surface area contributed by atoms with Crippen LogP contribution in [0, 0.1) is 40.9 Å². The summed E-state index contributed by atoms with van der Waals surface area (Å²) in [6.07, 6.45) is 7.19. The largest absolute Gasteiger partial charge is 0.340 e. The lowest BCUT2D eigenvalue weighted by Gasteiger charge is -2.28. The molecule has 48 heavy (non-hydrogen) atoms. The van der Waals surface area contributed by atoms with E-state index >= 15 is 0 Å². The number of likely N-dealkylation sites (tertiary alicyclic amines) is 2. The molecule has 1 spiro atoms. The first-order valence-electron chi connectivity index (χ1n) is 17.8. The molecule has 1 aliphatic carbocycles. The Bertz CT molecular complexity index is 1890. The minimum atomic E-state index is -0.00284. The first-order valence-corrected chi connectivity index (χ1v) is 17.8. The van der Waals surface area contributed by atoms with Gasteiger partial charge in [0.15, 0.2) is 0 Å². The number of imidazole rings is 2. The molecule has 7 rings (SSSR count). The molecular formula is C40H48N6O2. The molecule has 2 aromatic heterocycles. The van der Waals surface area contributed by atoms with Crippen LogP contribution in [-0.2, 0) is 9.59 Å². The quantitative estimate of drug-likeness (QED) is 0.202. The molecule has 8 nitrogen and oxygen atoms in total. The highest BCUT2D eigenvalue weighted by molar-refractivity contribution is 5.81. The van der Waals surface area contributed by atoms with Crippen molar-refractivity contribution in [3.05, 3.63) is 71.4 Å². The SMILES string of the molecule is CC(C)[C@H](C)C(=O)N1CCC[C@H]1c1ncc(-c2ccc(C#Cc3ccc4nc([C@@H]5CC6(CC6)CN5C(=O)[C@@H](C)C(C)C)[nH]c4c3)cc2)[nH]1. The predicted molar refractivity (Wildman–Crippen MR) is 189 cm³/mol. The van der Waals surface area contributed by atoms with Gasteiger partial charge in [0.05, 0.1) is 35.0 Å². The Morgan fingerprint density at radius 3 is 2.19 bits per heavy atom. The summed E-state index contributed by atoms with van der Waals surface area (Å²) < 4.78 is 0. The van der Waals surface area contributed by atoms with Crippen molar-refractivity contribution in [1.29, 1.82) is 0 Å². The number of carbonyl (C=O) groups excluding carboxylic acids is 2. The van der Waals surface area contributed by atoms with E-state index in [0.29, 0.717) is 11.8 Å². The molecule has 4 aromatic rings. The zero-order chi connectivity index (χ0) is 33.7. The third-order valence-corrected chi connectivity index (χ3v) is 11.3. The number of nitrogens with one attached hydrogen (secondary N) is 2. The first kappa shape index (κ1) is 32.2. The van der Waals surface area contributed by atoms with Crippen LogP contribution >= 0.6 is 0 Å². The minimum Gasteiger partial charge on any atom is -0.340 e. The normalized spacial score (nSPS) is 21.2. The maximum Gasteiger partial charge on any atom is 0.226 e. The Balaban J connectivity index is 1.04. The van der Waals surface area contributed by atoms with Crippen molar-refractivity contribution in [3.8, 4) is 23.1 Å². The van der Waals surface area contributed by atoms with Crippen molar-refractivity contribution in [2.75, 3.05) is 13.1 Å². The van der Waals surface area contributed by atoms with Crippen LogP contribution in [0.3, 0.4) is 0 Å². The number of H-pyrrole nitrogens is 2. The second-order valence-electron chi connectivity index (χ2n) is 15.3. The number of hydrogen-bond acceptors (Lipinski definition) is 4. The summed E-state index contributed by atoms with van der Waals surface area (Å²) in [7, 11) is 0. The lowest BCUT2D eigenvalue weighted by Crippen LogP contribution is -2.37. The van der Waals surface area contributed by atoms with Crippen LogP contribution in [0.2, 0.25) is 0 Å². The number of hydrogen-bond donors (Lipinski definition) is 2.